The van der Waals surface area contributed by atoms with Gasteiger partial charge in [0.2, 0.25) is 0 Å². The molecular weight excluding hydrogens is 368 g/mol. The van der Waals surface area contributed by atoms with Crippen LogP contribution in [-0.2, 0) is 16.0 Å². The third-order valence-corrected chi connectivity index (χ3v) is 4.95. The summed E-state index contributed by atoms with van der Waals surface area (Å²) in [5.41, 5.74) is 2.19. The molecule has 144 valence electrons. The van der Waals surface area contributed by atoms with Crippen LogP contribution in [0.1, 0.15) is 24.1 Å². The van der Waals surface area contributed by atoms with Gasteiger partial charge in [-0.2, -0.15) is 0 Å². The number of carbonyl (C=O) groups excluding carboxylic acids is 1. The minimum absolute atomic E-state index is 0.0128. The maximum Gasteiger partial charge on any atom is 0.328 e. The third-order valence-electron chi connectivity index (χ3n) is 4.71. The van der Waals surface area contributed by atoms with Gasteiger partial charge in [-0.25, -0.2) is 4.79 Å². The average Bonchev–Trinajstić information content (AvgIpc) is 2.73. The van der Waals surface area contributed by atoms with Crippen molar-refractivity contribution in [1.82, 2.24) is 10.6 Å². The molecule has 2 N–H and O–H groups in total. The van der Waals surface area contributed by atoms with Crippen molar-refractivity contribution >= 4 is 34.1 Å². The molecule has 0 heterocycles. The number of ether oxygens (including phenoxy) is 1. The highest BCUT2D eigenvalue weighted by Gasteiger charge is 2.21. The highest BCUT2D eigenvalue weighted by atomic mass is 32.1. The van der Waals surface area contributed by atoms with E-state index in [0.29, 0.717) is 11.5 Å². The van der Waals surface area contributed by atoms with E-state index in [-0.39, 0.29) is 12.0 Å². The monoisotopic (exact) mass is 392 g/mol. The van der Waals surface area contributed by atoms with Crippen molar-refractivity contribution in [3.05, 3.63) is 83.9 Å². The smallest absolute Gasteiger partial charge is 0.328 e. The van der Waals surface area contributed by atoms with Crippen molar-refractivity contribution in [1.29, 1.82) is 0 Å². The predicted octanol–water partition coefficient (Wildman–Crippen LogP) is 4.15. The molecule has 0 aliphatic carbocycles. The summed E-state index contributed by atoms with van der Waals surface area (Å²) in [4.78, 5) is 12.2. The number of fused-ring (bicyclic) bond motifs is 1. The van der Waals surface area contributed by atoms with E-state index in [9.17, 15) is 4.79 Å². The van der Waals surface area contributed by atoms with Gasteiger partial charge < -0.3 is 15.4 Å². The number of nitrogens with one attached hydrogen (secondary N) is 2. The average molecular weight is 393 g/mol. The fourth-order valence-corrected chi connectivity index (χ4v) is 3.61. The second kappa shape index (κ2) is 9.33. The third kappa shape index (κ3) is 4.87. The first-order valence-corrected chi connectivity index (χ1v) is 9.65. The summed E-state index contributed by atoms with van der Waals surface area (Å²) in [5.74, 6) is -0.342. The van der Waals surface area contributed by atoms with Gasteiger partial charge in [0.15, 0.2) is 5.11 Å². The van der Waals surface area contributed by atoms with Crippen molar-refractivity contribution in [2.45, 2.75) is 25.4 Å². The van der Waals surface area contributed by atoms with E-state index in [4.69, 9.17) is 17.0 Å². The molecule has 0 amide bonds. The number of hydrogen-bond acceptors (Lipinski definition) is 3. The van der Waals surface area contributed by atoms with Crippen LogP contribution in [0.3, 0.4) is 0 Å². The lowest BCUT2D eigenvalue weighted by Crippen LogP contribution is -2.48. The number of esters is 1. The van der Waals surface area contributed by atoms with Crippen LogP contribution in [0.4, 0.5) is 0 Å². The van der Waals surface area contributed by atoms with Crippen molar-refractivity contribution in [3.8, 4) is 0 Å². The number of methoxy groups -OCH3 is 1. The molecule has 0 aliphatic heterocycles. The van der Waals surface area contributed by atoms with E-state index < -0.39 is 6.04 Å². The van der Waals surface area contributed by atoms with E-state index in [1.54, 1.807) is 0 Å². The zero-order valence-corrected chi connectivity index (χ0v) is 16.8. The van der Waals surface area contributed by atoms with Crippen LogP contribution < -0.4 is 10.6 Å². The summed E-state index contributed by atoms with van der Waals surface area (Å²) >= 11 is 5.48. The first-order chi connectivity index (χ1) is 13.6. The highest BCUT2D eigenvalue weighted by molar-refractivity contribution is 7.80. The fourth-order valence-electron chi connectivity index (χ4n) is 3.29. The van der Waals surface area contributed by atoms with Crippen LogP contribution >= 0.6 is 12.2 Å². The minimum atomic E-state index is -0.549. The number of rotatable bonds is 6. The maximum absolute atomic E-state index is 12.2. The van der Waals surface area contributed by atoms with E-state index in [1.165, 1.54) is 17.9 Å². The van der Waals surface area contributed by atoms with Gasteiger partial charge in [0.25, 0.3) is 0 Å². The fraction of sp³-hybridized carbons (Fsp3) is 0.217. The quantitative estimate of drug-likeness (QED) is 0.488. The Bertz CT molecular complexity index is 954. The Morgan fingerprint density at radius 2 is 1.64 bits per heavy atom. The maximum atomic E-state index is 12.2. The van der Waals surface area contributed by atoms with Gasteiger partial charge in [-0.3, -0.25) is 0 Å². The Kier molecular flexibility index (Phi) is 6.61. The molecule has 2 atom stereocenters. The zero-order valence-electron chi connectivity index (χ0n) is 16.0. The van der Waals surface area contributed by atoms with Gasteiger partial charge in [-0.05, 0) is 41.0 Å². The molecule has 4 nitrogen and oxygen atoms in total. The normalized spacial score (nSPS) is 12.8. The summed E-state index contributed by atoms with van der Waals surface area (Å²) in [7, 11) is 1.39. The van der Waals surface area contributed by atoms with E-state index in [1.807, 2.05) is 48.5 Å². The first kappa shape index (κ1) is 19.8. The van der Waals surface area contributed by atoms with Gasteiger partial charge in [0.1, 0.15) is 6.04 Å². The van der Waals surface area contributed by atoms with Crippen LogP contribution in [-0.4, -0.2) is 24.2 Å². The van der Waals surface area contributed by atoms with E-state index in [2.05, 4.69) is 41.8 Å². The molecule has 0 radical (unpaired) electrons. The SMILES string of the molecule is COC(=O)[C@H](Cc1ccccc1)NC(=S)N[C@H](C)c1cccc2ccccc12. The number of benzene rings is 3. The van der Waals surface area contributed by atoms with Crippen molar-refractivity contribution in [2.75, 3.05) is 7.11 Å². The lowest BCUT2D eigenvalue weighted by molar-refractivity contribution is -0.142. The van der Waals surface area contributed by atoms with Crippen LogP contribution in [0.25, 0.3) is 10.8 Å². The molecule has 0 aromatic heterocycles. The Hall–Kier alpha value is -2.92. The highest BCUT2D eigenvalue weighted by Crippen LogP contribution is 2.24. The van der Waals surface area contributed by atoms with Crippen molar-refractivity contribution < 1.29 is 9.53 Å². The molecule has 0 fully saturated rings. The lowest BCUT2D eigenvalue weighted by atomic mass is 10.00. The topological polar surface area (TPSA) is 50.4 Å². The van der Waals surface area contributed by atoms with Gasteiger partial charge in [-0.1, -0.05) is 72.8 Å². The Morgan fingerprint density at radius 3 is 2.39 bits per heavy atom. The van der Waals surface area contributed by atoms with Gasteiger partial charge in [0, 0.05) is 6.42 Å². The van der Waals surface area contributed by atoms with E-state index in [0.717, 1.165) is 11.1 Å². The largest absolute Gasteiger partial charge is 0.467 e. The molecule has 3 aromatic rings. The van der Waals surface area contributed by atoms with Gasteiger partial charge in [-0.15, -0.1) is 0 Å². The summed E-state index contributed by atoms with van der Waals surface area (Å²) in [6.45, 7) is 2.06. The van der Waals surface area contributed by atoms with E-state index >= 15 is 0 Å². The molecule has 0 saturated carbocycles. The van der Waals surface area contributed by atoms with Gasteiger partial charge in [0.05, 0.1) is 13.2 Å². The molecule has 0 unspecified atom stereocenters. The molecule has 0 saturated heterocycles. The zero-order chi connectivity index (χ0) is 19.9. The predicted molar refractivity (Wildman–Crippen MR) is 117 cm³/mol. The first-order valence-electron chi connectivity index (χ1n) is 9.25. The van der Waals surface area contributed by atoms with Crippen LogP contribution in [0.15, 0.2) is 72.8 Å². The van der Waals surface area contributed by atoms with Crippen LogP contribution in [0, 0.1) is 0 Å². The molecule has 0 aliphatic rings. The van der Waals surface area contributed by atoms with Crippen LogP contribution in [0.5, 0.6) is 0 Å². The van der Waals surface area contributed by atoms with Crippen molar-refractivity contribution in [2.24, 2.45) is 0 Å². The number of carbonyl (C=O) groups is 1. The Labute approximate surface area is 170 Å². The van der Waals surface area contributed by atoms with Gasteiger partial charge >= 0.3 is 5.97 Å². The van der Waals surface area contributed by atoms with Crippen molar-refractivity contribution in [3.63, 3.8) is 0 Å². The Balaban J connectivity index is 1.70. The summed E-state index contributed by atoms with van der Waals surface area (Å²) in [5, 5.41) is 9.20. The molecule has 28 heavy (non-hydrogen) atoms. The lowest BCUT2D eigenvalue weighted by Gasteiger charge is -2.22. The second-order valence-corrected chi connectivity index (χ2v) is 7.08. The molecule has 0 spiro atoms. The standard InChI is InChI=1S/C23H24N2O2S/c1-16(19-14-8-12-18-11-6-7-13-20(18)19)24-23(28)25-21(22(26)27-2)15-17-9-4-3-5-10-17/h3-14,16,21H,15H2,1-2H3,(H2,24,25,28)/t16-,21+/m1/s1. The van der Waals surface area contributed by atoms with Crippen LogP contribution in [0.2, 0.25) is 0 Å². The Morgan fingerprint density at radius 1 is 0.964 bits per heavy atom. The summed E-state index contributed by atoms with van der Waals surface area (Å²) in [6, 6.07) is 23.7. The molecule has 5 heteroatoms. The molecular formula is C23H24N2O2S. The molecule has 0 bridgehead atoms. The number of thiocarbonyl (C=S) groups is 1. The second-order valence-electron chi connectivity index (χ2n) is 6.67. The number of hydrogen-bond donors (Lipinski definition) is 2. The molecule has 3 aromatic carbocycles. The molecule has 3 rings (SSSR count). The minimum Gasteiger partial charge on any atom is -0.467 e. The summed E-state index contributed by atoms with van der Waals surface area (Å²) < 4.78 is 4.94. The summed E-state index contributed by atoms with van der Waals surface area (Å²) in [6.07, 6.45) is 0.498.